The minimum Gasteiger partial charge on any atom is -0.493 e. The molecule has 2 heterocycles. The SMILES string of the molecule is CCOC(=O)[C@@H]1C(=O)C2=C(C[C@H]1c1cccs1)N(c1ccc(F)cc1)C(=O)C[C@@H]2c1ccc(OC)c(OC)c1. The van der Waals surface area contributed by atoms with Crippen LogP contribution in [0, 0.1) is 11.7 Å². The van der Waals surface area contributed by atoms with Crippen molar-refractivity contribution in [3.63, 3.8) is 0 Å². The Morgan fingerprint density at radius 1 is 1.03 bits per heavy atom. The highest BCUT2D eigenvalue weighted by Gasteiger charge is 2.50. The molecule has 7 nitrogen and oxygen atoms in total. The zero-order valence-corrected chi connectivity index (χ0v) is 22.6. The van der Waals surface area contributed by atoms with Crippen molar-refractivity contribution in [1.82, 2.24) is 0 Å². The van der Waals surface area contributed by atoms with Crippen LogP contribution in [0.5, 0.6) is 11.5 Å². The highest BCUT2D eigenvalue weighted by atomic mass is 32.1. The third-order valence-corrected chi connectivity index (χ3v) is 8.27. The Balaban J connectivity index is 1.72. The summed E-state index contributed by atoms with van der Waals surface area (Å²) < 4.78 is 30.0. The van der Waals surface area contributed by atoms with Gasteiger partial charge in [0.2, 0.25) is 5.91 Å². The number of nitrogens with zero attached hydrogens (tertiary/aromatic N) is 1. The number of carbonyl (C=O) groups is 3. The Morgan fingerprint density at radius 2 is 1.77 bits per heavy atom. The topological polar surface area (TPSA) is 82.1 Å². The fourth-order valence-electron chi connectivity index (χ4n) is 5.55. The molecule has 0 fully saturated rings. The van der Waals surface area contributed by atoms with Crippen molar-refractivity contribution in [2.75, 3.05) is 25.7 Å². The monoisotopic (exact) mass is 549 g/mol. The number of esters is 1. The largest absolute Gasteiger partial charge is 0.493 e. The maximum atomic E-state index is 14.4. The van der Waals surface area contributed by atoms with Crippen LogP contribution in [-0.2, 0) is 19.1 Å². The minimum absolute atomic E-state index is 0.0172. The van der Waals surface area contributed by atoms with Crippen LogP contribution in [0.4, 0.5) is 10.1 Å². The second-order valence-corrected chi connectivity index (χ2v) is 10.3. The molecule has 1 aliphatic heterocycles. The van der Waals surface area contributed by atoms with Gasteiger partial charge in [0.1, 0.15) is 11.7 Å². The van der Waals surface area contributed by atoms with Gasteiger partial charge in [-0.1, -0.05) is 12.1 Å². The molecule has 0 N–H and O–H groups in total. The molecule has 3 atom stereocenters. The third kappa shape index (κ3) is 4.83. The van der Waals surface area contributed by atoms with Gasteiger partial charge in [-0.3, -0.25) is 19.3 Å². The van der Waals surface area contributed by atoms with E-state index in [4.69, 9.17) is 14.2 Å². The number of methoxy groups -OCH3 is 2. The van der Waals surface area contributed by atoms with Crippen LogP contribution < -0.4 is 14.4 Å². The lowest BCUT2D eigenvalue weighted by Crippen LogP contribution is -2.46. The molecule has 1 amide bonds. The number of Topliss-reactive ketones (excluding diaryl/α,β-unsaturated/α-hetero) is 1. The molecule has 0 radical (unpaired) electrons. The number of thiophene rings is 1. The number of anilines is 1. The first-order valence-corrected chi connectivity index (χ1v) is 13.5. The van der Waals surface area contributed by atoms with E-state index in [1.807, 2.05) is 17.5 Å². The molecule has 0 saturated carbocycles. The van der Waals surface area contributed by atoms with Gasteiger partial charge in [0, 0.05) is 40.1 Å². The minimum atomic E-state index is -1.05. The van der Waals surface area contributed by atoms with Crippen molar-refractivity contribution in [3.8, 4) is 11.5 Å². The zero-order valence-electron chi connectivity index (χ0n) is 21.8. The predicted molar refractivity (Wildman–Crippen MR) is 145 cm³/mol. The molecule has 202 valence electrons. The van der Waals surface area contributed by atoms with Crippen molar-refractivity contribution >= 4 is 34.7 Å². The maximum Gasteiger partial charge on any atom is 0.317 e. The van der Waals surface area contributed by atoms with Gasteiger partial charge in [-0.05, 0) is 66.8 Å². The second-order valence-electron chi connectivity index (χ2n) is 9.36. The summed E-state index contributed by atoms with van der Waals surface area (Å²) in [4.78, 5) is 43.7. The van der Waals surface area contributed by atoms with E-state index in [0.717, 1.165) is 4.88 Å². The molecule has 1 aliphatic carbocycles. The molecule has 0 saturated heterocycles. The molecule has 0 unspecified atom stereocenters. The lowest BCUT2D eigenvalue weighted by atomic mass is 9.69. The van der Waals surface area contributed by atoms with E-state index in [2.05, 4.69) is 0 Å². The molecule has 3 aromatic rings. The number of ether oxygens (including phenoxy) is 3. The smallest absolute Gasteiger partial charge is 0.317 e. The van der Waals surface area contributed by atoms with Crippen LogP contribution in [0.25, 0.3) is 0 Å². The first-order valence-electron chi connectivity index (χ1n) is 12.7. The quantitative estimate of drug-likeness (QED) is 0.281. The summed E-state index contributed by atoms with van der Waals surface area (Å²) in [6.07, 6.45) is 0.245. The number of hydrogen-bond acceptors (Lipinski definition) is 7. The molecule has 39 heavy (non-hydrogen) atoms. The van der Waals surface area contributed by atoms with Crippen LogP contribution in [0.1, 0.15) is 42.0 Å². The third-order valence-electron chi connectivity index (χ3n) is 7.26. The Bertz CT molecular complexity index is 1430. The van der Waals surface area contributed by atoms with E-state index >= 15 is 0 Å². The van der Waals surface area contributed by atoms with E-state index in [9.17, 15) is 18.8 Å². The van der Waals surface area contributed by atoms with Gasteiger partial charge in [0.15, 0.2) is 17.3 Å². The van der Waals surface area contributed by atoms with E-state index < -0.39 is 29.5 Å². The number of allylic oxidation sites excluding steroid dienone is 2. The average Bonchev–Trinajstić information content (AvgIpc) is 3.48. The number of carbonyl (C=O) groups excluding carboxylic acids is 3. The van der Waals surface area contributed by atoms with Crippen LogP contribution in [0.15, 0.2) is 71.2 Å². The van der Waals surface area contributed by atoms with Crippen molar-refractivity contribution in [3.05, 3.63) is 87.5 Å². The number of hydrogen-bond donors (Lipinski definition) is 0. The molecule has 2 aliphatic rings. The fourth-order valence-corrected chi connectivity index (χ4v) is 6.41. The van der Waals surface area contributed by atoms with Gasteiger partial charge in [0.25, 0.3) is 0 Å². The number of amides is 1. The second kappa shape index (κ2) is 11.0. The van der Waals surface area contributed by atoms with Gasteiger partial charge < -0.3 is 14.2 Å². The first-order chi connectivity index (χ1) is 18.9. The molecule has 0 bridgehead atoms. The Morgan fingerprint density at radius 3 is 2.41 bits per heavy atom. The summed E-state index contributed by atoms with van der Waals surface area (Å²) in [5.41, 5.74) is 2.06. The molecule has 1 aromatic heterocycles. The van der Waals surface area contributed by atoms with Gasteiger partial charge >= 0.3 is 5.97 Å². The summed E-state index contributed by atoms with van der Waals surface area (Å²) in [6.45, 7) is 1.85. The van der Waals surface area contributed by atoms with Gasteiger partial charge in [0.05, 0.1) is 20.8 Å². The summed E-state index contributed by atoms with van der Waals surface area (Å²) in [5, 5.41) is 1.89. The van der Waals surface area contributed by atoms with Gasteiger partial charge in [-0.15, -0.1) is 11.3 Å². The lowest BCUT2D eigenvalue weighted by molar-refractivity contribution is -0.152. The van der Waals surface area contributed by atoms with Crippen molar-refractivity contribution in [2.45, 2.75) is 31.6 Å². The summed E-state index contributed by atoms with van der Waals surface area (Å²) in [7, 11) is 3.05. The lowest BCUT2D eigenvalue weighted by Gasteiger charge is -2.42. The summed E-state index contributed by atoms with van der Waals surface area (Å²) in [5.74, 6) is -2.79. The van der Waals surface area contributed by atoms with E-state index in [1.54, 1.807) is 25.1 Å². The Labute approximate surface area is 229 Å². The number of halogens is 1. The van der Waals surface area contributed by atoms with Crippen LogP contribution >= 0.6 is 11.3 Å². The maximum absolute atomic E-state index is 14.4. The van der Waals surface area contributed by atoms with E-state index in [0.29, 0.717) is 34.0 Å². The van der Waals surface area contributed by atoms with Crippen LogP contribution in [0.2, 0.25) is 0 Å². The highest BCUT2D eigenvalue weighted by molar-refractivity contribution is 7.10. The Hall–Kier alpha value is -3.98. The summed E-state index contributed by atoms with van der Waals surface area (Å²) >= 11 is 1.45. The predicted octanol–water partition coefficient (Wildman–Crippen LogP) is 5.61. The molecule has 9 heteroatoms. The molecule has 0 spiro atoms. The van der Waals surface area contributed by atoms with Gasteiger partial charge in [-0.2, -0.15) is 0 Å². The van der Waals surface area contributed by atoms with E-state index in [-0.39, 0.29) is 31.1 Å². The van der Waals surface area contributed by atoms with Crippen molar-refractivity contribution in [1.29, 1.82) is 0 Å². The molecule has 5 rings (SSSR count). The first kappa shape index (κ1) is 26.6. The Kier molecular flexibility index (Phi) is 7.52. The zero-order chi connectivity index (χ0) is 27.7. The van der Waals surface area contributed by atoms with Crippen LogP contribution in [0.3, 0.4) is 0 Å². The number of rotatable bonds is 7. The van der Waals surface area contributed by atoms with Gasteiger partial charge in [-0.25, -0.2) is 4.39 Å². The van der Waals surface area contributed by atoms with Crippen molar-refractivity contribution in [2.24, 2.45) is 5.92 Å². The number of benzene rings is 2. The molecular weight excluding hydrogens is 521 g/mol. The molecule has 2 aromatic carbocycles. The normalized spacial score (nSPS) is 21.0. The number of ketones is 1. The standard InChI is InChI=1S/C30H28FNO6S/c1-4-38-30(35)28-21(25-6-5-13-39-25)15-22-27(29(28)34)20(17-7-12-23(36-2)24(14-17)37-3)16-26(33)32(22)19-10-8-18(31)9-11-19/h5-14,20-21,28H,4,15-16H2,1-3H3/t20-,21+,28+/m1/s1. The highest BCUT2D eigenvalue weighted by Crippen LogP contribution is 2.50. The van der Waals surface area contributed by atoms with Crippen LogP contribution in [-0.4, -0.2) is 38.5 Å². The molecular formula is C30H28FNO6S. The summed E-state index contributed by atoms with van der Waals surface area (Å²) in [6, 6.07) is 14.7. The van der Waals surface area contributed by atoms with E-state index in [1.165, 1.54) is 54.7 Å². The van der Waals surface area contributed by atoms with Crippen molar-refractivity contribution < 1.29 is 33.0 Å². The fraction of sp³-hybridized carbons (Fsp3) is 0.300. The average molecular weight is 550 g/mol.